The molecule has 1 atom stereocenters. The lowest BCUT2D eigenvalue weighted by Crippen LogP contribution is -2.14. The van der Waals surface area contributed by atoms with E-state index in [4.69, 9.17) is 0 Å². The van der Waals surface area contributed by atoms with Gasteiger partial charge in [-0.05, 0) is 11.6 Å². The minimum atomic E-state index is -0.343. The van der Waals surface area contributed by atoms with Gasteiger partial charge in [-0.15, -0.1) is 11.3 Å². The molecule has 0 aliphatic rings. The van der Waals surface area contributed by atoms with E-state index in [0.29, 0.717) is 0 Å². The molecule has 0 bridgehead atoms. The van der Waals surface area contributed by atoms with Crippen molar-refractivity contribution in [1.29, 1.82) is 0 Å². The Morgan fingerprint density at radius 3 is 2.60 bits per heavy atom. The average Bonchev–Trinajstić information content (AvgIpc) is 3.28. The Labute approximate surface area is 148 Å². The molecule has 2 aromatic heterocycles. The quantitative estimate of drug-likeness (QED) is 0.419. The Morgan fingerprint density at radius 2 is 1.88 bits per heavy atom. The third-order valence-corrected chi connectivity index (χ3v) is 4.90. The lowest BCUT2D eigenvalue weighted by atomic mass is 9.88. The smallest absolute Gasteiger partial charge is 0.214 e. The molecule has 2 aromatic carbocycles. The molecule has 0 aliphatic carbocycles. The zero-order valence-electron chi connectivity index (χ0n) is 13.3. The zero-order chi connectivity index (χ0) is 17.2. The second-order valence-corrected chi connectivity index (χ2v) is 6.53. The molecule has 0 fully saturated rings. The SMILES string of the molecule is O=[N+]([O-])CC(c1ccccc1)c1c(-c2cscn2)[nH]c2ccccc12. The average molecular weight is 349 g/mol. The van der Waals surface area contributed by atoms with E-state index in [9.17, 15) is 10.1 Å². The van der Waals surface area contributed by atoms with E-state index in [-0.39, 0.29) is 17.4 Å². The number of thiazole rings is 1. The summed E-state index contributed by atoms with van der Waals surface area (Å²) >= 11 is 1.51. The van der Waals surface area contributed by atoms with Crippen molar-refractivity contribution < 1.29 is 4.92 Å². The van der Waals surface area contributed by atoms with Gasteiger partial charge in [-0.1, -0.05) is 48.5 Å². The molecule has 0 aliphatic heterocycles. The van der Waals surface area contributed by atoms with Crippen LogP contribution >= 0.6 is 11.3 Å². The Bertz CT molecular complexity index is 1010. The molecule has 1 N–H and O–H groups in total. The van der Waals surface area contributed by atoms with Gasteiger partial charge in [-0.25, -0.2) is 4.98 Å². The molecule has 5 nitrogen and oxygen atoms in total. The number of aromatic nitrogens is 2. The highest BCUT2D eigenvalue weighted by Crippen LogP contribution is 2.38. The number of H-pyrrole nitrogens is 1. The summed E-state index contributed by atoms with van der Waals surface area (Å²) in [4.78, 5) is 19.0. The second-order valence-electron chi connectivity index (χ2n) is 5.81. The summed E-state index contributed by atoms with van der Waals surface area (Å²) in [7, 11) is 0. The van der Waals surface area contributed by atoms with Crippen LogP contribution in [0.1, 0.15) is 17.0 Å². The summed E-state index contributed by atoms with van der Waals surface area (Å²) < 4.78 is 0. The van der Waals surface area contributed by atoms with E-state index < -0.39 is 0 Å². The first kappa shape index (κ1) is 15.5. The van der Waals surface area contributed by atoms with Crippen LogP contribution in [-0.2, 0) is 0 Å². The van der Waals surface area contributed by atoms with Crippen LogP contribution in [0.3, 0.4) is 0 Å². The fourth-order valence-corrected chi connectivity index (χ4v) is 3.80. The second kappa shape index (κ2) is 6.49. The molecule has 0 saturated heterocycles. The van der Waals surface area contributed by atoms with Crippen molar-refractivity contribution in [1.82, 2.24) is 9.97 Å². The van der Waals surface area contributed by atoms with Gasteiger partial charge in [0.1, 0.15) is 0 Å². The minimum absolute atomic E-state index is 0.164. The van der Waals surface area contributed by atoms with Crippen molar-refractivity contribution in [3.63, 3.8) is 0 Å². The van der Waals surface area contributed by atoms with Crippen LogP contribution in [-0.4, -0.2) is 21.4 Å². The molecule has 0 radical (unpaired) electrons. The van der Waals surface area contributed by atoms with Crippen molar-refractivity contribution >= 4 is 22.2 Å². The van der Waals surface area contributed by atoms with Crippen LogP contribution in [0.4, 0.5) is 0 Å². The number of nitrogens with zero attached hydrogens (tertiary/aromatic N) is 2. The lowest BCUT2D eigenvalue weighted by molar-refractivity contribution is -0.481. The summed E-state index contributed by atoms with van der Waals surface area (Å²) in [5.74, 6) is -0.343. The Kier molecular flexibility index (Phi) is 4.03. The number of fused-ring (bicyclic) bond motifs is 1. The molecule has 1 unspecified atom stereocenters. The molecule has 25 heavy (non-hydrogen) atoms. The zero-order valence-corrected chi connectivity index (χ0v) is 14.1. The molecule has 0 saturated carbocycles. The monoisotopic (exact) mass is 349 g/mol. The summed E-state index contributed by atoms with van der Waals surface area (Å²) in [5, 5.41) is 14.4. The predicted octanol–water partition coefficient (Wildman–Crippen LogP) is 4.70. The van der Waals surface area contributed by atoms with E-state index in [1.807, 2.05) is 60.0 Å². The van der Waals surface area contributed by atoms with Gasteiger partial charge in [0, 0.05) is 26.8 Å². The van der Waals surface area contributed by atoms with E-state index in [0.717, 1.165) is 33.4 Å². The van der Waals surface area contributed by atoms with Gasteiger partial charge >= 0.3 is 0 Å². The predicted molar refractivity (Wildman–Crippen MR) is 99.6 cm³/mol. The Hall–Kier alpha value is -2.99. The van der Waals surface area contributed by atoms with Crippen LogP contribution < -0.4 is 0 Å². The number of hydrogen-bond donors (Lipinski definition) is 1. The van der Waals surface area contributed by atoms with E-state index in [1.54, 1.807) is 5.51 Å². The van der Waals surface area contributed by atoms with Crippen LogP contribution in [0.2, 0.25) is 0 Å². The van der Waals surface area contributed by atoms with Crippen molar-refractivity contribution in [3.8, 4) is 11.4 Å². The van der Waals surface area contributed by atoms with Crippen LogP contribution in [0.5, 0.6) is 0 Å². The van der Waals surface area contributed by atoms with Gasteiger partial charge in [-0.3, -0.25) is 10.1 Å². The van der Waals surface area contributed by atoms with Crippen LogP contribution in [0.15, 0.2) is 65.5 Å². The molecule has 0 spiro atoms. The molecule has 6 heteroatoms. The van der Waals surface area contributed by atoms with Gasteiger partial charge < -0.3 is 4.98 Å². The first-order valence-corrected chi connectivity index (χ1v) is 8.84. The summed E-state index contributed by atoms with van der Waals surface area (Å²) in [6.45, 7) is -0.164. The maximum Gasteiger partial charge on any atom is 0.214 e. The third kappa shape index (κ3) is 2.92. The topological polar surface area (TPSA) is 71.8 Å². The number of hydrogen-bond acceptors (Lipinski definition) is 4. The minimum Gasteiger partial charge on any atom is -0.353 e. The van der Waals surface area contributed by atoms with Crippen molar-refractivity contribution in [2.24, 2.45) is 0 Å². The van der Waals surface area contributed by atoms with Gasteiger partial charge in [0.2, 0.25) is 6.54 Å². The highest BCUT2D eigenvalue weighted by atomic mass is 32.1. The standard InChI is InChI=1S/C19H15N3O2S/c23-22(24)10-15(13-6-2-1-3-7-13)18-14-8-4-5-9-16(14)21-19(18)17-11-25-12-20-17/h1-9,11-12,15,21H,10H2. The Morgan fingerprint density at radius 1 is 1.12 bits per heavy atom. The molecule has 4 rings (SSSR count). The molecule has 2 heterocycles. The Balaban J connectivity index is 1.99. The number of rotatable bonds is 5. The van der Waals surface area contributed by atoms with E-state index in [2.05, 4.69) is 9.97 Å². The molecule has 4 aromatic rings. The number of aromatic amines is 1. The van der Waals surface area contributed by atoms with Gasteiger partial charge in [0.25, 0.3) is 0 Å². The fourth-order valence-electron chi connectivity index (χ4n) is 3.26. The highest BCUT2D eigenvalue weighted by molar-refractivity contribution is 7.07. The maximum absolute atomic E-state index is 11.4. The van der Waals surface area contributed by atoms with Gasteiger partial charge in [-0.2, -0.15) is 0 Å². The largest absolute Gasteiger partial charge is 0.353 e. The molecular weight excluding hydrogens is 334 g/mol. The number of benzene rings is 2. The van der Waals surface area contributed by atoms with Crippen LogP contribution in [0, 0.1) is 10.1 Å². The number of nitro groups is 1. The van der Waals surface area contributed by atoms with Crippen molar-refractivity contribution in [3.05, 3.63) is 86.7 Å². The molecule has 124 valence electrons. The van der Waals surface area contributed by atoms with Gasteiger partial charge in [0.05, 0.1) is 22.8 Å². The van der Waals surface area contributed by atoms with Crippen LogP contribution in [0.25, 0.3) is 22.3 Å². The summed E-state index contributed by atoms with van der Waals surface area (Å²) in [5.41, 5.74) is 6.28. The summed E-state index contributed by atoms with van der Waals surface area (Å²) in [6.07, 6.45) is 0. The first-order valence-electron chi connectivity index (χ1n) is 7.90. The molecule has 0 amide bonds. The maximum atomic E-state index is 11.4. The summed E-state index contributed by atoms with van der Waals surface area (Å²) in [6, 6.07) is 17.6. The number of nitrogens with one attached hydrogen (secondary N) is 1. The normalized spacial score (nSPS) is 12.3. The number of para-hydroxylation sites is 1. The van der Waals surface area contributed by atoms with Gasteiger partial charge in [0.15, 0.2) is 0 Å². The van der Waals surface area contributed by atoms with E-state index >= 15 is 0 Å². The van der Waals surface area contributed by atoms with Crippen molar-refractivity contribution in [2.45, 2.75) is 5.92 Å². The lowest BCUT2D eigenvalue weighted by Gasteiger charge is -2.15. The highest BCUT2D eigenvalue weighted by Gasteiger charge is 2.27. The third-order valence-electron chi connectivity index (χ3n) is 4.32. The first-order chi connectivity index (χ1) is 12.2. The van der Waals surface area contributed by atoms with E-state index in [1.165, 1.54) is 11.3 Å². The van der Waals surface area contributed by atoms with Crippen molar-refractivity contribution in [2.75, 3.05) is 6.54 Å². The fraction of sp³-hybridized carbons (Fsp3) is 0.105. The molecular formula is C19H15N3O2S.